The molecule has 0 saturated heterocycles. The summed E-state index contributed by atoms with van der Waals surface area (Å²) in [6.45, 7) is 7.21. The van der Waals surface area contributed by atoms with E-state index in [4.69, 9.17) is 10.00 Å². The molecule has 4 nitrogen and oxygen atoms in total. The quantitative estimate of drug-likeness (QED) is 0.846. The van der Waals surface area contributed by atoms with Crippen LogP contribution in [-0.4, -0.2) is 16.7 Å². The van der Waals surface area contributed by atoms with Gasteiger partial charge in [-0.3, -0.25) is 0 Å². The molecule has 0 amide bonds. The van der Waals surface area contributed by atoms with Crippen LogP contribution in [-0.2, 0) is 17.9 Å². The fourth-order valence-corrected chi connectivity index (χ4v) is 2.19. The number of ether oxygens (including phenoxy) is 1. The summed E-state index contributed by atoms with van der Waals surface area (Å²) in [7, 11) is 1.66. The third kappa shape index (κ3) is 2.61. The second-order valence-electron chi connectivity index (χ2n) is 5.03. The minimum Gasteiger partial charge on any atom is -0.377 e. The molecule has 2 rings (SSSR count). The third-order valence-electron chi connectivity index (χ3n) is 3.39. The molecule has 0 bridgehead atoms. The molecule has 4 heteroatoms. The van der Waals surface area contributed by atoms with E-state index in [0.29, 0.717) is 13.2 Å². The molecule has 2 aromatic rings. The van der Waals surface area contributed by atoms with Crippen molar-refractivity contribution in [2.45, 2.75) is 33.9 Å². The van der Waals surface area contributed by atoms with Gasteiger partial charge in [0.05, 0.1) is 23.0 Å². The molecule has 19 heavy (non-hydrogen) atoms. The Bertz CT molecular complexity index is 637. The van der Waals surface area contributed by atoms with Gasteiger partial charge in [-0.15, -0.1) is 0 Å². The van der Waals surface area contributed by atoms with E-state index in [2.05, 4.69) is 41.6 Å². The number of hydrogen-bond acceptors (Lipinski definition) is 3. The summed E-state index contributed by atoms with van der Waals surface area (Å²) in [6, 6.07) is 6.51. The van der Waals surface area contributed by atoms with Crippen LogP contribution in [0.1, 0.15) is 23.9 Å². The molecule has 1 atom stereocenters. The maximum absolute atomic E-state index is 9.01. The standard InChI is InChI=1S/C15H19N3O/c1-10(7-16)8-18-14-6-12(3)11(2)5-13(14)17-15(18)9-19-4/h5-6,10H,8-9H2,1-4H3. The Balaban J connectivity index is 2.59. The van der Waals surface area contributed by atoms with Crippen molar-refractivity contribution in [3.8, 4) is 6.07 Å². The molecular formula is C15H19N3O. The molecule has 0 fully saturated rings. The van der Waals surface area contributed by atoms with Gasteiger partial charge in [-0.1, -0.05) is 0 Å². The second kappa shape index (κ2) is 5.41. The van der Waals surface area contributed by atoms with Crippen LogP contribution in [0.4, 0.5) is 0 Å². The lowest BCUT2D eigenvalue weighted by molar-refractivity contribution is 0.174. The zero-order valence-corrected chi connectivity index (χ0v) is 11.9. The van der Waals surface area contributed by atoms with E-state index in [-0.39, 0.29) is 5.92 Å². The van der Waals surface area contributed by atoms with E-state index in [1.54, 1.807) is 7.11 Å². The molecule has 0 aliphatic rings. The number of methoxy groups -OCH3 is 1. The van der Waals surface area contributed by atoms with Gasteiger partial charge in [0.2, 0.25) is 0 Å². The molecule has 0 aliphatic heterocycles. The Morgan fingerprint density at radius 2 is 2.05 bits per heavy atom. The summed E-state index contributed by atoms with van der Waals surface area (Å²) in [5.41, 5.74) is 4.52. The summed E-state index contributed by atoms with van der Waals surface area (Å²) >= 11 is 0. The maximum Gasteiger partial charge on any atom is 0.136 e. The number of imidazole rings is 1. The largest absolute Gasteiger partial charge is 0.377 e. The lowest BCUT2D eigenvalue weighted by Gasteiger charge is -2.10. The number of nitrogens with zero attached hydrogens (tertiary/aromatic N) is 3. The number of rotatable bonds is 4. The fourth-order valence-electron chi connectivity index (χ4n) is 2.19. The normalized spacial score (nSPS) is 12.6. The maximum atomic E-state index is 9.01. The zero-order chi connectivity index (χ0) is 14.0. The number of aromatic nitrogens is 2. The van der Waals surface area contributed by atoms with Crippen molar-refractivity contribution in [2.75, 3.05) is 7.11 Å². The summed E-state index contributed by atoms with van der Waals surface area (Å²) in [6.07, 6.45) is 0. The molecular weight excluding hydrogens is 238 g/mol. The summed E-state index contributed by atoms with van der Waals surface area (Å²) in [4.78, 5) is 4.62. The van der Waals surface area contributed by atoms with E-state index in [0.717, 1.165) is 16.9 Å². The summed E-state index contributed by atoms with van der Waals surface area (Å²) in [5, 5.41) is 9.01. The van der Waals surface area contributed by atoms with Crippen molar-refractivity contribution < 1.29 is 4.74 Å². The lowest BCUT2D eigenvalue weighted by Crippen LogP contribution is -2.10. The van der Waals surface area contributed by atoms with E-state index in [1.165, 1.54) is 11.1 Å². The van der Waals surface area contributed by atoms with Crippen LogP contribution in [0, 0.1) is 31.1 Å². The van der Waals surface area contributed by atoms with Crippen LogP contribution in [0.2, 0.25) is 0 Å². The fraction of sp³-hybridized carbons (Fsp3) is 0.467. The van der Waals surface area contributed by atoms with Crippen LogP contribution >= 0.6 is 0 Å². The van der Waals surface area contributed by atoms with Gasteiger partial charge in [0.1, 0.15) is 12.4 Å². The Hall–Kier alpha value is -1.86. The SMILES string of the molecule is COCc1nc2cc(C)c(C)cc2n1CC(C)C#N. The second-order valence-corrected chi connectivity index (χ2v) is 5.03. The molecule has 100 valence electrons. The molecule has 0 spiro atoms. The number of fused-ring (bicyclic) bond motifs is 1. The van der Waals surface area contributed by atoms with Crippen molar-refractivity contribution >= 4 is 11.0 Å². The van der Waals surface area contributed by atoms with Gasteiger partial charge in [0.15, 0.2) is 0 Å². The van der Waals surface area contributed by atoms with Gasteiger partial charge >= 0.3 is 0 Å². The van der Waals surface area contributed by atoms with E-state index >= 15 is 0 Å². The summed E-state index contributed by atoms with van der Waals surface area (Å²) in [5.74, 6) is 0.833. The average Bonchev–Trinajstić information content (AvgIpc) is 2.68. The van der Waals surface area contributed by atoms with Crippen LogP contribution in [0.25, 0.3) is 11.0 Å². The smallest absolute Gasteiger partial charge is 0.136 e. The minimum absolute atomic E-state index is 0.0467. The van der Waals surface area contributed by atoms with E-state index < -0.39 is 0 Å². The predicted octanol–water partition coefficient (Wildman–Crippen LogP) is 2.96. The average molecular weight is 257 g/mol. The number of hydrogen-bond donors (Lipinski definition) is 0. The number of nitriles is 1. The summed E-state index contributed by atoms with van der Waals surface area (Å²) < 4.78 is 7.30. The third-order valence-corrected chi connectivity index (χ3v) is 3.39. The lowest BCUT2D eigenvalue weighted by atomic mass is 10.1. The first kappa shape index (κ1) is 13.6. The molecule has 0 radical (unpaired) electrons. The predicted molar refractivity (Wildman–Crippen MR) is 74.7 cm³/mol. The molecule has 1 aromatic heterocycles. The van der Waals surface area contributed by atoms with Gasteiger partial charge in [0.25, 0.3) is 0 Å². The highest BCUT2D eigenvalue weighted by atomic mass is 16.5. The van der Waals surface area contributed by atoms with E-state index in [1.807, 2.05) is 6.92 Å². The molecule has 1 aromatic carbocycles. The van der Waals surface area contributed by atoms with Crippen LogP contribution in [0.5, 0.6) is 0 Å². The van der Waals surface area contributed by atoms with Gasteiger partial charge in [-0.25, -0.2) is 4.98 Å². The first-order chi connectivity index (χ1) is 9.06. The van der Waals surface area contributed by atoms with Gasteiger partial charge < -0.3 is 9.30 Å². The Morgan fingerprint density at radius 1 is 1.37 bits per heavy atom. The minimum atomic E-state index is -0.0467. The Morgan fingerprint density at radius 3 is 2.68 bits per heavy atom. The molecule has 0 aliphatic carbocycles. The van der Waals surface area contributed by atoms with Crippen LogP contribution in [0.3, 0.4) is 0 Å². The van der Waals surface area contributed by atoms with Crippen molar-refractivity contribution in [3.05, 3.63) is 29.1 Å². The Labute approximate surface area is 113 Å². The first-order valence-electron chi connectivity index (χ1n) is 6.41. The van der Waals surface area contributed by atoms with Crippen molar-refractivity contribution in [1.82, 2.24) is 9.55 Å². The van der Waals surface area contributed by atoms with Crippen LogP contribution in [0.15, 0.2) is 12.1 Å². The highest BCUT2D eigenvalue weighted by molar-refractivity contribution is 5.78. The molecule has 0 saturated carbocycles. The van der Waals surface area contributed by atoms with Crippen molar-refractivity contribution in [1.29, 1.82) is 5.26 Å². The van der Waals surface area contributed by atoms with Crippen molar-refractivity contribution in [3.63, 3.8) is 0 Å². The topological polar surface area (TPSA) is 50.8 Å². The van der Waals surface area contributed by atoms with E-state index in [9.17, 15) is 0 Å². The van der Waals surface area contributed by atoms with Gasteiger partial charge in [0, 0.05) is 13.7 Å². The Kier molecular flexibility index (Phi) is 3.87. The zero-order valence-electron chi connectivity index (χ0n) is 11.9. The molecule has 1 heterocycles. The van der Waals surface area contributed by atoms with Gasteiger partial charge in [-0.2, -0.15) is 5.26 Å². The monoisotopic (exact) mass is 257 g/mol. The van der Waals surface area contributed by atoms with Crippen molar-refractivity contribution in [2.24, 2.45) is 5.92 Å². The highest BCUT2D eigenvalue weighted by Gasteiger charge is 2.14. The first-order valence-corrected chi connectivity index (χ1v) is 6.41. The number of benzene rings is 1. The highest BCUT2D eigenvalue weighted by Crippen LogP contribution is 2.22. The van der Waals surface area contributed by atoms with Crippen LogP contribution < -0.4 is 0 Å². The molecule has 0 N–H and O–H groups in total. The number of aryl methyl sites for hydroxylation is 2. The van der Waals surface area contributed by atoms with Gasteiger partial charge in [-0.05, 0) is 44.0 Å². The molecule has 1 unspecified atom stereocenters.